The summed E-state index contributed by atoms with van der Waals surface area (Å²) in [5, 5.41) is 5.81. The summed E-state index contributed by atoms with van der Waals surface area (Å²) in [5.74, 6) is 6.27. The van der Waals surface area contributed by atoms with Crippen molar-refractivity contribution in [3.8, 4) is 11.8 Å². The number of carbonyl (C=O) groups excluding carboxylic acids is 3. The van der Waals surface area contributed by atoms with Crippen LogP contribution in [-0.4, -0.2) is 47.8 Å². The van der Waals surface area contributed by atoms with E-state index in [0.717, 1.165) is 43.4 Å². The Labute approximate surface area is 176 Å². The number of rotatable bonds is 4. The molecule has 0 bridgehead atoms. The molecule has 2 fully saturated rings. The van der Waals surface area contributed by atoms with Gasteiger partial charge in [0, 0.05) is 49.1 Å². The highest BCUT2D eigenvalue weighted by molar-refractivity contribution is 6.05. The molecular formula is C23H28N4O3. The fourth-order valence-electron chi connectivity index (χ4n) is 4.57. The molecule has 30 heavy (non-hydrogen) atoms. The average Bonchev–Trinajstić information content (AvgIpc) is 3.07. The van der Waals surface area contributed by atoms with Gasteiger partial charge in [-0.15, -0.1) is 0 Å². The minimum atomic E-state index is -0.583. The van der Waals surface area contributed by atoms with Gasteiger partial charge >= 0.3 is 0 Å². The third-order valence-electron chi connectivity index (χ3n) is 6.25. The van der Waals surface area contributed by atoms with E-state index in [1.807, 2.05) is 12.1 Å². The normalized spacial score (nSPS) is 26.1. The molecule has 0 spiro atoms. The molecule has 1 saturated carbocycles. The lowest BCUT2D eigenvalue weighted by Gasteiger charge is -2.29. The molecule has 7 nitrogen and oxygen atoms in total. The Hall–Kier alpha value is -2.69. The fraction of sp³-hybridized carbons (Fsp3) is 0.522. The largest absolute Gasteiger partial charge is 0.329 e. The number of piperidine rings is 1. The molecule has 3 amide bonds. The quantitative estimate of drug-likeness (QED) is 0.507. The maximum atomic E-state index is 12.8. The Bertz CT molecular complexity index is 909. The number of benzene rings is 1. The summed E-state index contributed by atoms with van der Waals surface area (Å²) < 4.78 is 0. The van der Waals surface area contributed by atoms with Gasteiger partial charge in [-0.1, -0.05) is 11.8 Å². The van der Waals surface area contributed by atoms with Gasteiger partial charge in [0.2, 0.25) is 11.8 Å². The van der Waals surface area contributed by atoms with Crippen molar-refractivity contribution >= 4 is 17.7 Å². The highest BCUT2D eigenvalue weighted by Gasteiger charge is 2.39. The molecule has 4 rings (SSSR count). The van der Waals surface area contributed by atoms with Crippen LogP contribution in [0.1, 0.15) is 60.0 Å². The van der Waals surface area contributed by atoms with Crippen molar-refractivity contribution < 1.29 is 14.4 Å². The monoisotopic (exact) mass is 408 g/mol. The Balaban J connectivity index is 1.39. The second kappa shape index (κ2) is 8.99. The first-order valence-electron chi connectivity index (χ1n) is 10.8. The highest BCUT2D eigenvalue weighted by Crippen LogP contribution is 2.28. The molecule has 1 aromatic rings. The molecular weight excluding hydrogens is 380 g/mol. The van der Waals surface area contributed by atoms with E-state index >= 15 is 0 Å². The Kier molecular flexibility index (Phi) is 6.16. The zero-order valence-electron chi connectivity index (χ0n) is 17.1. The Morgan fingerprint density at radius 2 is 1.93 bits per heavy atom. The average molecular weight is 409 g/mol. The molecule has 2 aliphatic heterocycles. The number of hydrogen-bond acceptors (Lipinski definition) is 5. The zero-order chi connectivity index (χ0) is 21.1. The summed E-state index contributed by atoms with van der Waals surface area (Å²) in [7, 11) is 0. The number of nitrogens with two attached hydrogens (primary N) is 1. The number of nitrogens with one attached hydrogen (secondary N) is 2. The zero-order valence-corrected chi connectivity index (χ0v) is 17.1. The van der Waals surface area contributed by atoms with E-state index in [0.29, 0.717) is 37.0 Å². The van der Waals surface area contributed by atoms with E-state index in [2.05, 4.69) is 22.5 Å². The Morgan fingerprint density at radius 3 is 2.67 bits per heavy atom. The number of amides is 3. The van der Waals surface area contributed by atoms with Crippen molar-refractivity contribution in [2.45, 2.75) is 57.2 Å². The predicted molar refractivity (Wildman–Crippen MR) is 112 cm³/mol. The molecule has 1 aromatic carbocycles. The van der Waals surface area contributed by atoms with Crippen LogP contribution in [0, 0.1) is 17.8 Å². The number of fused-ring (bicyclic) bond motifs is 1. The van der Waals surface area contributed by atoms with Crippen LogP contribution in [-0.2, 0) is 16.1 Å². The van der Waals surface area contributed by atoms with Gasteiger partial charge in [-0.05, 0) is 55.9 Å². The van der Waals surface area contributed by atoms with E-state index in [9.17, 15) is 14.4 Å². The summed E-state index contributed by atoms with van der Waals surface area (Å²) in [6, 6.07) is 5.62. The molecule has 0 aromatic heterocycles. The molecule has 7 heteroatoms. The maximum Gasteiger partial charge on any atom is 0.255 e. The molecule has 2 heterocycles. The van der Waals surface area contributed by atoms with Crippen molar-refractivity contribution in [2.24, 2.45) is 11.7 Å². The standard InChI is InChI=1S/C23H28N4O3/c24-11-12-25-18-6-3-15(4-7-18)1-2-16-5-8-19-17(13-16)14-27(23(19)30)20-9-10-21(28)26-22(20)29/h5,8,13,15,18,20,25H,3-4,6-7,9-12,14,24H2,(H,26,28,29). The van der Waals surface area contributed by atoms with Crippen LogP contribution in [0.4, 0.5) is 0 Å². The smallest absolute Gasteiger partial charge is 0.255 e. The summed E-state index contributed by atoms with van der Waals surface area (Å²) in [4.78, 5) is 37.9. The van der Waals surface area contributed by atoms with Crippen molar-refractivity contribution in [3.63, 3.8) is 0 Å². The van der Waals surface area contributed by atoms with Crippen LogP contribution >= 0.6 is 0 Å². The molecule has 1 unspecified atom stereocenters. The summed E-state index contributed by atoms with van der Waals surface area (Å²) in [6.45, 7) is 1.92. The summed E-state index contributed by atoms with van der Waals surface area (Å²) in [5.41, 5.74) is 7.97. The number of nitrogens with zero attached hydrogens (tertiary/aromatic N) is 1. The SMILES string of the molecule is NCCNC1CCC(C#Cc2ccc3c(c2)CN(C2CCC(=O)NC2=O)C3=O)CC1. The fourth-order valence-corrected chi connectivity index (χ4v) is 4.57. The predicted octanol–water partition coefficient (Wildman–Crippen LogP) is 0.906. The minimum Gasteiger partial charge on any atom is -0.329 e. The molecule has 0 radical (unpaired) electrons. The molecule has 1 atom stereocenters. The molecule has 1 aliphatic carbocycles. The van der Waals surface area contributed by atoms with Crippen LogP contribution in [0.2, 0.25) is 0 Å². The van der Waals surface area contributed by atoms with Crippen molar-refractivity contribution in [2.75, 3.05) is 13.1 Å². The third kappa shape index (κ3) is 4.40. The topological polar surface area (TPSA) is 105 Å². The Morgan fingerprint density at radius 1 is 1.13 bits per heavy atom. The van der Waals surface area contributed by atoms with Crippen molar-refractivity contribution in [1.29, 1.82) is 0 Å². The van der Waals surface area contributed by atoms with Crippen LogP contribution < -0.4 is 16.4 Å². The first-order valence-corrected chi connectivity index (χ1v) is 10.8. The van der Waals surface area contributed by atoms with Gasteiger partial charge in [0.1, 0.15) is 6.04 Å². The second-order valence-electron chi connectivity index (χ2n) is 8.33. The van der Waals surface area contributed by atoms with Crippen molar-refractivity contribution in [1.82, 2.24) is 15.5 Å². The molecule has 3 aliphatic rings. The summed E-state index contributed by atoms with van der Waals surface area (Å²) in [6.07, 6.45) is 5.05. The number of imide groups is 1. The maximum absolute atomic E-state index is 12.8. The third-order valence-corrected chi connectivity index (χ3v) is 6.25. The van der Waals surface area contributed by atoms with E-state index in [1.54, 1.807) is 11.0 Å². The minimum absolute atomic E-state index is 0.151. The van der Waals surface area contributed by atoms with Gasteiger partial charge in [-0.2, -0.15) is 0 Å². The van der Waals surface area contributed by atoms with Gasteiger partial charge in [0.05, 0.1) is 0 Å². The first kappa shape index (κ1) is 20.6. The van der Waals surface area contributed by atoms with Crippen LogP contribution in [0.25, 0.3) is 0 Å². The lowest BCUT2D eigenvalue weighted by atomic mass is 9.86. The van der Waals surface area contributed by atoms with Crippen LogP contribution in [0.15, 0.2) is 18.2 Å². The highest BCUT2D eigenvalue weighted by atomic mass is 16.2. The van der Waals surface area contributed by atoms with E-state index < -0.39 is 6.04 Å². The van der Waals surface area contributed by atoms with Gasteiger partial charge in [0.25, 0.3) is 5.91 Å². The van der Waals surface area contributed by atoms with E-state index in [1.165, 1.54) is 0 Å². The van der Waals surface area contributed by atoms with Crippen molar-refractivity contribution in [3.05, 3.63) is 34.9 Å². The van der Waals surface area contributed by atoms with E-state index in [4.69, 9.17) is 5.73 Å². The number of carbonyl (C=O) groups is 3. The van der Waals surface area contributed by atoms with Crippen LogP contribution in [0.3, 0.4) is 0 Å². The van der Waals surface area contributed by atoms with Gasteiger partial charge in [-0.25, -0.2) is 0 Å². The van der Waals surface area contributed by atoms with E-state index in [-0.39, 0.29) is 24.1 Å². The molecule has 1 saturated heterocycles. The van der Waals surface area contributed by atoms with Gasteiger partial charge < -0.3 is 16.0 Å². The van der Waals surface area contributed by atoms with Gasteiger partial charge in [0.15, 0.2) is 0 Å². The summed E-state index contributed by atoms with van der Waals surface area (Å²) >= 11 is 0. The molecule has 158 valence electrons. The number of hydrogen-bond donors (Lipinski definition) is 3. The molecule has 4 N–H and O–H groups in total. The first-order chi connectivity index (χ1) is 14.5. The lowest BCUT2D eigenvalue weighted by molar-refractivity contribution is -0.136. The van der Waals surface area contributed by atoms with Gasteiger partial charge in [-0.3, -0.25) is 19.7 Å². The van der Waals surface area contributed by atoms with Crippen LogP contribution in [0.5, 0.6) is 0 Å². The lowest BCUT2D eigenvalue weighted by Crippen LogP contribution is -2.52. The second-order valence-corrected chi connectivity index (χ2v) is 8.33.